The first-order chi connectivity index (χ1) is 6.81. The molecule has 1 heterocycles. The molecule has 2 heteroatoms. The lowest BCUT2D eigenvalue weighted by molar-refractivity contribution is 0.651. The molecular formula is C12H13N2. The largest absolute Gasteiger partial charge is 0.269 e. The highest BCUT2D eigenvalue weighted by molar-refractivity contribution is 5.59. The van der Waals surface area contributed by atoms with Gasteiger partial charge in [0.1, 0.15) is 0 Å². The van der Waals surface area contributed by atoms with Gasteiger partial charge in [0.05, 0.1) is 5.69 Å². The topological polar surface area (TPSA) is 17.8 Å². The molecule has 2 aromatic rings. The van der Waals surface area contributed by atoms with Crippen molar-refractivity contribution in [1.29, 1.82) is 0 Å². The maximum Gasteiger partial charge on any atom is 0.0926 e. The number of aromatic nitrogens is 2. The second-order valence-corrected chi connectivity index (χ2v) is 3.20. The molecule has 0 aliphatic heterocycles. The molecule has 0 fully saturated rings. The Kier molecular flexibility index (Phi) is 2.35. The van der Waals surface area contributed by atoms with Gasteiger partial charge in [-0.25, -0.2) is 0 Å². The van der Waals surface area contributed by atoms with Crippen molar-refractivity contribution in [1.82, 2.24) is 9.78 Å². The standard InChI is InChI=1S/C12H13N2/c1-3-14-10(2)9-12(13-14)11-7-5-4-6-8-11/h4-9H,2-3H2,1H3. The summed E-state index contributed by atoms with van der Waals surface area (Å²) < 4.78 is 1.91. The first-order valence-corrected chi connectivity index (χ1v) is 4.76. The Labute approximate surface area is 84.2 Å². The third-order valence-electron chi connectivity index (χ3n) is 2.23. The Hall–Kier alpha value is -1.57. The van der Waals surface area contributed by atoms with E-state index >= 15 is 0 Å². The molecule has 0 atom stereocenters. The molecule has 1 radical (unpaired) electrons. The van der Waals surface area contributed by atoms with E-state index in [2.05, 4.69) is 31.1 Å². The molecule has 0 N–H and O–H groups in total. The summed E-state index contributed by atoms with van der Waals surface area (Å²) >= 11 is 0. The zero-order valence-electron chi connectivity index (χ0n) is 8.27. The van der Waals surface area contributed by atoms with Crippen LogP contribution in [0, 0.1) is 6.92 Å². The third-order valence-corrected chi connectivity index (χ3v) is 2.23. The van der Waals surface area contributed by atoms with E-state index in [1.54, 1.807) is 0 Å². The van der Waals surface area contributed by atoms with Crippen LogP contribution in [-0.2, 0) is 6.54 Å². The van der Waals surface area contributed by atoms with E-state index in [-0.39, 0.29) is 0 Å². The quantitative estimate of drug-likeness (QED) is 0.703. The summed E-state index contributed by atoms with van der Waals surface area (Å²) in [4.78, 5) is 0. The van der Waals surface area contributed by atoms with Crippen molar-refractivity contribution in [3.63, 3.8) is 0 Å². The Morgan fingerprint density at radius 1 is 1.29 bits per heavy atom. The number of nitrogens with zero attached hydrogens (tertiary/aromatic N) is 2. The van der Waals surface area contributed by atoms with Crippen molar-refractivity contribution in [2.45, 2.75) is 13.5 Å². The van der Waals surface area contributed by atoms with Crippen LogP contribution in [0.1, 0.15) is 12.6 Å². The van der Waals surface area contributed by atoms with Crippen LogP contribution in [0.5, 0.6) is 0 Å². The molecular weight excluding hydrogens is 172 g/mol. The molecule has 0 saturated heterocycles. The fraction of sp³-hybridized carbons (Fsp3) is 0.167. The van der Waals surface area contributed by atoms with Crippen molar-refractivity contribution >= 4 is 0 Å². The summed E-state index contributed by atoms with van der Waals surface area (Å²) in [5.41, 5.74) is 3.11. The van der Waals surface area contributed by atoms with Gasteiger partial charge in [0.2, 0.25) is 0 Å². The summed E-state index contributed by atoms with van der Waals surface area (Å²) in [7, 11) is 0. The summed E-state index contributed by atoms with van der Waals surface area (Å²) in [5, 5.41) is 4.45. The zero-order valence-corrected chi connectivity index (χ0v) is 8.27. The summed E-state index contributed by atoms with van der Waals surface area (Å²) in [6.45, 7) is 6.87. The van der Waals surface area contributed by atoms with Gasteiger partial charge in [-0.15, -0.1) is 0 Å². The van der Waals surface area contributed by atoms with Crippen LogP contribution in [-0.4, -0.2) is 9.78 Å². The molecule has 0 aliphatic rings. The van der Waals surface area contributed by atoms with Crippen LogP contribution in [0.15, 0.2) is 36.4 Å². The summed E-state index contributed by atoms with van der Waals surface area (Å²) in [5.74, 6) is 0. The number of hydrogen-bond donors (Lipinski definition) is 0. The minimum atomic E-state index is 0.867. The summed E-state index contributed by atoms with van der Waals surface area (Å²) in [6, 6.07) is 12.2. The van der Waals surface area contributed by atoms with Crippen LogP contribution in [0.25, 0.3) is 11.3 Å². The number of hydrogen-bond acceptors (Lipinski definition) is 1. The highest BCUT2D eigenvalue weighted by Crippen LogP contribution is 2.17. The number of rotatable bonds is 2. The van der Waals surface area contributed by atoms with E-state index in [9.17, 15) is 0 Å². The summed E-state index contributed by atoms with van der Waals surface area (Å²) in [6.07, 6.45) is 0. The van der Waals surface area contributed by atoms with E-state index in [4.69, 9.17) is 0 Å². The fourth-order valence-corrected chi connectivity index (χ4v) is 1.48. The van der Waals surface area contributed by atoms with Crippen molar-refractivity contribution < 1.29 is 0 Å². The van der Waals surface area contributed by atoms with Gasteiger partial charge in [0.15, 0.2) is 0 Å². The van der Waals surface area contributed by atoms with Crippen LogP contribution in [0.3, 0.4) is 0 Å². The van der Waals surface area contributed by atoms with E-state index in [1.165, 1.54) is 0 Å². The second kappa shape index (κ2) is 3.66. The van der Waals surface area contributed by atoms with Gasteiger partial charge in [-0.2, -0.15) is 5.10 Å². The first kappa shape index (κ1) is 9.00. The molecule has 0 spiro atoms. The van der Waals surface area contributed by atoms with Gasteiger partial charge in [-0.3, -0.25) is 4.68 Å². The molecule has 2 nitrogen and oxygen atoms in total. The Bertz CT molecular complexity index is 415. The van der Waals surface area contributed by atoms with Crippen LogP contribution in [0.2, 0.25) is 0 Å². The first-order valence-electron chi connectivity index (χ1n) is 4.76. The predicted octanol–water partition coefficient (Wildman–Crippen LogP) is 2.75. The molecule has 14 heavy (non-hydrogen) atoms. The molecule has 0 amide bonds. The average Bonchev–Trinajstić information content (AvgIpc) is 2.61. The Morgan fingerprint density at radius 3 is 2.57 bits per heavy atom. The Balaban J connectivity index is 2.43. The van der Waals surface area contributed by atoms with E-state index in [1.807, 2.05) is 28.9 Å². The van der Waals surface area contributed by atoms with Crippen molar-refractivity contribution in [2.75, 3.05) is 0 Å². The average molecular weight is 185 g/mol. The highest BCUT2D eigenvalue weighted by atomic mass is 15.3. The minimum absolute atomic E-state index is 0.867. The van der Waals surface area contributed by atoms with Gasteiger partial charge < -0.3 is 0 Å². The molecule has 1 aromatic carbocycles. The Morgan fingerprint density at radius 2 is 2.00 bits per heavy atom. The zero-order chi connectivity index (χ0) is 9.97. The minimum Gasteiger partial charge on any atom is -0.269 e. The third kappa shape index (κ3) is 1.55. The van der Waals surface area contributed by atoms with Gasteiger partial charge >= 0.3 is 0 Å². The molecule has 0 bridgehead atoms. The van der Waals surface area contributed by atoms with Gasteiger partial charge in [0.25, 0.3) is 0 Å². The number of aryl methyl sites for hydroxylation is 1. The van der Waals surface area contributed by atoms with Gasteiger partial charge in [-0.05, 0) is 19.9 Å². The fourth-order valence-electron chi connectivity index (χ4n) is 1.48. The molecule has 1 aromatic heterocycles. The lowest BCUT2D eigenvalue weighted by atomic mass is 10.1. The van der Waals surface area contributed by atoms with Crippen molar-refractivity contribution in [3.05, 3.63) is 49.0 Å². The van der Waals surface area contributed by atoms with E-state index in [0.717, 1.165) is 23.5 Å². The molecule has 71 valence electrons. The van der Waals surface area contributed by atoms with Crippen LogP contribution in [0.4, 0.5) is 0 Å². The van der Waals surface area contributed by atoms with Crippen molar-refractivity contribution in [3.8, 4) is 11.3 Å². The van der Waals surface area contributed by atoms with Crippen LogP contribution >= 0.6 is 0 Å². The maximum absolute atomic E-state index is 4.45. The smallest absolute Gasteiger partial charge is 0.0926 e. The van der Waals surface area contributed by atoms with Crippen LogP contribution < -0.4 is 0 Å². The second-order valence-electron chi connectivity index (χ2n) is 3.20. The number of benzene rings is 1. The van der Waals surface area contributed by atoms with E-state index < -0.39 is 0 Å². The predicted molar refractivity (Wildman–Crippen MR) is 57.8 cm³/mol. The SMILES string of the molecule is [CH2]c1cc(-c2ccccc2)nn1CC. The van der Waals surface area contributed by atoms with Gasteiger partial charge in [0, 0.05) is 17.8 Å². The normalized spacial score (nSPS) is 10.4. The van der Waals surface area contributed by atoms with Crippen molar-refractivity contribution in [2.24, 2.45) is 0 Å². The molecule has 0 unspecified atom stereocenters. The molecule has 2 rings (SSSR count). The maximum atomic E-state index is 4.45. The monoisotopic (exact) mass is 185 g/mol. The molecule has 0 saturated carbocycles. The highest BCUT2D eigenvalue weighted by Gasteiger charge is 2.03. The van der Waals surface area contributed by atoms with Gasteiger partial charge in [-0.1, -0.05) is 30.3 Å². The molecule has 0 aliphatic carbocycles. The lowest BCUT2D eigenvalue weighted by Crippen LogP contribution is -1.98. The van der Waals surface area contributed by atoms with E-state index in [0.29, 0.717) is 0 Å². The lowest BCUT2D eigenvalue weighted by Gasteiger charge is -1.96.